The van der Waals surface area contributed by atoms with Crippen LogP contribution in [0.15, 0.2) is 11.6 Å². The van der Waals surface area contributed by atoms with Gasteiger partial charge < -0.3 is 0 Å². The predicted molar refractivity (Wildman–Crippen MR) is 49.0 cm³/mol. The van der Waals surface area contributed by atoms with Gasteiger partial charge in [-0.1, -0.05) is 11.6 Å². The summed E-state index contributed by atoms with van der Waals surface area (Å²) in [5, 5.41) is 5.18. The van der Waals surface area contributed by atoms with Gasteiger partial charge in [0.2, 0.25) is 5.91 Å². The van der Waals surface area contributed by atoms with Gasteiger partial charge in [-0.3, -0.25) is 20.2 Å². The van der Waals surface area contributed by atoms with E-state index in [1.54, 1.807) is 6.92 Å². The summed E-state index contributed by atoms with van der Waals surface area (Å²) in [6, 6.07) is 0. The number of hydrogen-bond donors (Lipinski definition) is 2. The third-order valence-electron chi connectivity index (χ3n) is 1.92. The average Bonchev–Trinajstić information content (AvgIpc) is 1.97. The van der Waals surface area contributed by atoms with Gasteiger partial charge in [-0.2, -0.15) is 0 Å². The van der Waals surface area contributed by atoms with Crippen molar-refractivity contribution in [2.24, 2.45) is 0 Å². The molecule has 0 aromatic heterocycles. The van der Waals surface area contributed by atoms with Gasteiger partial charge in [-0.05, 0) is 20.8 Å². The van der Waals surface area contributed by atoms with Gasteiger partial charge in [-0.25, -0.2) is 0 Å². The van der Waals surface area contributed by atoms with Crippen molar-refractivity contribution in [3.63, 3.8) is 0 Å². The third kappa shape index (κ3) is 2.15. The molecule has 1 heterocycles. The molecule has 13 heavy (non-hydrogen) atoms. The number of imide groups is 1. The Bertz CT molecular complexity index is 279. The van der Waals surface area contributed by atoms with Crippen LogP contribution in [0.25, 0.3) is 0 Å². The van der Waals surface area contributed by atoms with E-state index in [2.05, 4.69) is 10.6 Å². The molecule has 1 aliphatic rings. The first-order chi connectivity index (χ1) is 5.94. The molecule has 1 aliphatic heterocycles. The first-order valence-electron chi connectivity index (χ1n) is 4.19. The highest BCUT2D eigenvalue weighted by atomic mass is 16.2. The highest BCUT2D eigenvalue weighted by Gasteiger charge is 2.35. The number of carbonyl (C=O) groups is 2. The number of hydrogen-bond acceptors (Lipinski definition) is 3. The molecule has 4 nitrogen and oxygen atoms in total. The van der Waals surface area contributed by atoms with Gasteiger partial charge in [0.25, 0.3) is 5.91 Å². The van der Waals surface area contributed by atoms with Crippen LogP contribution in [0.2, 0.25) is 0 Å². The zero-order valence-electron chi connectivity index (χ0n) is 8.10. The summed E-state index contributed by atoms with van der Waals surface area (Å²) < 4.78 is 0. The largest absolute Gasteiger partial charge is 0.293 e. The van der Waals surface area contributed by atoms with Gasteiger partial charge in [0.1, 0.15) is 5.54 Å². The molecule has 0 spiro atoms. The van der Waals surface area contributed by atoms with Crippen LogP contribution in [-0.2, 0) is 9.59 Å². The van der Waals surface area contributed by atoms with Gasteiger partial charge in [0.15, 0.2) is 0 Å². The van der Waals surface area contributed by atoms with Crippen molar-refractivity contribution in [2.45, 2.75) is 26.3 Å². The van der Waals surface area contributed by atoms with E-state index in [4.69, 9.17) is 0 Å². The zero-order valence-corrected chi connectivity index (χ0v) is 8.10. The van der Waals surface area contributed by atoms with E-state index < -0.39 is 5.54 Å². The maximum absolute atomic E-state index is 11.4. The second-order valence-corrected chi connectivity index (χ2v) is 3.65. The number of rotatable bonds is 1. The Labute approximate surface area is 77.4 Å². The van der Waals surface area contributed by atoms with Crippen LogP contribution < -0.4 is 10.6 Å². The minimum Gasteiger partial charge on any atom is -0.293 e. The van der Waals surface area contributed by atoms with Crippen LogP contribution in [-0.4, -0.2) is 23.9 Å². The highest BCUT2D eigenvalue weighted by molar-refractivity contribution is 6.04. The molecular formula is C9H14N2O2. The fourth-order valence-corrected chi connectivity index (χ4v) is 1.34. The van der Waals surface area contributed by atoms with E-state index in [9.17, 15) is 9.59 Å². The minimum absolute atomic E-state index is 0.187. The number of piperazine rings is 1. The van der Waals surface area contributed by atoms with E-state index in [1.807, 2.05) is 19.9 Å². The Morgan fingerprint density at radius 3 is 2.54 bits per heavy atom. The van der Waals surface area contributed by atoms with Gasteiger partial charge in [0, 0.05) is 0 Å². The van der Waals surface area contributed by atoms with E-state index >= 15 is 0 Å². The summed E-state index contributed by atoms with van der Waals surface area (Å²) >= 11 is 0. The molecule has 1 rings (SSSR count). The van der Waals surface area contributed by atoms with Crippen molar-refractivity contribution < 1.29 is 9.59 Å². The van der Waals surface area contributed by atoms with E-state index in [1.165, 1.54) is 0 Å². The monoisotopic (exact) mass is 182 g/mol. The first-order valence-corrected chi connectivity index (χ1v) is 4.19. The van der Waals surface area contributed by atoms with Crippen molar-refractivity contribution in [3.05, 3.63) is 11.6 Å². The second kappa shape index (κ2) is 3.30. The molecule has 1 atom stereocenters. The molecule has 0 aliphatic carbocycles. The lowest BCUT2D eigenvalue weighted by Crippen LogP contribution is -2.62. The third-order valence-corrected chi connectivity index (χ3v) is 1.92. The van der Waals surface area contributed by atoms with Crippen LogP contribution in [0.5, 0.6) is 0 Å². The molecule has 1 fully saturated rings. The number of amides is 2. The zero-order chi connectivity index (χ0) is 10.1. The lowest BCUT2D eigenvalue weighted by molar-refractivity contribution is -0.136. The molecule has 1 unspecified atom stereocenters. The number of carbonyl (C=O) groups excluding carboxylic acids is 2. The van der Waals surface area contributed by atoms with E-state index in [0.29, 0.717) is 0 Å². The molecule has 2 amide bonds. The molecule has 0 aromatic rings. The average molecular weight is 182 g/mol. The van der Waals surface area contributed by atoms with Crippen LogP contribution in [0, 0.1) is 0 Å². The van der Waals surface area contributed by atoms with Gasteiger partial charge in [-0.15, -0.1) is 0 Å². The van der Waals surface area contributed by atoms with Crippen LogP contribution >= 0.6 is 0 Å². The summed E-state index contributed by atoms with van der Waals surface area (Å²) in [7, 11) is 0. The molecule has 4 heteroatoms. The van der Waals surface area contributed by atoms with Crippen LogP contribution in [0.3, 0.4) is 0 Å². The van der Waals surface area contributed by atoms with Gasteiger partial charge >= 0.3 is 0 Å². The number of allylic oxidation sites excluding steroid dienone is 1. The fraction of sp³-hybridized carbons (Fsp3) is 0.556. The molecular weight excluding hydrogens is 168 g/mol. The summed E-state index contributed by atoms with van der Waals surface area (Å²) in [6.45, 7) is 5.76. The van der Waals surface area contributed by atoms with Gasteiger partial charge in [0.05, 0.1) is 6.54 Å². The second-order valence-electron chi connectivity index (χ2n) is 3.65. The Kier molecular flexibility index (Phi) is 2.52. The smallest absolute Gasteiger partial charge is 0.250 e. The van der Waals surface area contributed by atoms with Crippen molar-refractivity contribution in [1.29, 1.82) is 0 Å². The van der Waals surface area contributed by atoms with Crippen molar-refractivity contribution in [1.82, 2.24) is 10.6 Å². The molecule has 72 valence electrons. The Morgan fingerprint density at radius 2 is 2.08 bits per heavy atom. The van der Waals surface area contributed by atoms with Crippen molar-refractivity contribution in [3.8, 4) is 0 Å². The Morgan fingerprint density at radius 1 is 1.46 bits per heavy atom. The maximum atomic E-state index is 11.4. The quantitative estimate of drug-likeness (QED) is 0.442. The normalized spacial score (nSPS) is 28.2. The molecule has 1 saturated heterocycles. The van der Waals surface area contributed by atoms with Crippen LogP contribution in [0.1, 0.15) is 20.8 Å². The first kappa shape index (κ1) is 9.92. The minimum atomic E-state index is -0.743. The summed E-state index contributed by atoms with van der Waals surface area (Å²) in [4.78, 5) is 22.3. The van der Waals surface area contributed by atoms with Crippen molar-refractivity contribution in [2.75, 3.05) is 6.54 Å². The molecule has 0 saturated carbocycles. The molecule has 0 bridgehead atoms. The lowest BCUT2D eigenvalue weighted by atomic mass is 9.96. The van der Waals surface area contributed by atoms with E-state index in [0.717, 1.165) is 5.57 Å². The summed E-state index contributed by atoms with van der Waals surface area (Å²) in [5.41, 5.74) is 0.298. The Hall–Kier alpha value is -1.16. The molecule has 0 radical (unpaired) electrons. The SMILES string of the molecule is CC(C)=CC1(C)NCC(=O)NC1=O. The summed E-state index contributed by atoms with van der Waals surface area (Å²) in [6.07, 6.45) is 1.81. The molecule has 0 aromatic carbocycles. The fourth-order valence-electron chi connectivity index (χ4n) is 1.34. The number of nitrogens with one attached hydrogen (secondary N) is 2. The van der Waals surface area contributed by atoms with Crippen molar-refractivity contribution >= 4 is 11.8 Å². The predicted octanol–water partition coefficient (Wildman–Crippen LogP) is -0.0427. The standard InChI is InChI=1S/C9H14N2O2/c1-6(2)4-9(3)8(13)11-7(12)5-10-9/h4,10H,5H2,1-3H3,(H,11,12,13). The topological polar surface area (TPSA) is 58.2 Å². The van der Waals surface area contributed by atoms with Crippen LogP contribution in [0.4, 0.5) is 0 Å². The highest BCUT2D eigenvalue weighted by Crippen LogP contribution is 2.11. The maximum Gasteiger partial charge on any atom is 0.250 e. The summed E-state index contributed by atoms with van der Waals surface area (Å²) in [5.74, 6) is -0.561. The Balaban J connectivity index is 2.85. The van der Waals surface area contributed by atoms with E-state index in [-0.39, 0.29) is 18.4 Å². The molecule has 2 N–H and O–H groups in total. The lowest BCUT2D eigenvalue weighted by Gasteiger charge is -2.30.